The largest absolute Gasteiger partial charge is 0.307 e. The maximum absolute atomic E-state index is 13.8. The van der Waals surface area contributed by atoms with Crippen molar-refractivity contribution in [3.05, 3.63) is 69.7 Å². The summed E-state index contributed by atoms with van der Waals surface area (Å²) in [6.07, 6.45) is 3.32. The average Bonchev–Trinajstić information content (AvgIpc) is 3.33. The van der Waals surface area contributed by atoms with Gasteiger partial charge in [-0.3, -0.25) is 24.3 Å². The van der Waals surface area contributed by atoms with E-state index in [1.807, 2.05) is 0 Å². The first-order chi connectivity index (χ1) is 14.0. The summed E-state index contributed by atoms with van der Waals surface area (Å²) in [6, 6.07) is 1.40. The number of nitro groups is 1. The molecular weight excluding hydrogens is 412 g/mol. The van der Waals surface area contributed by atoms with Crippen LogP contribution in [0.4, 0.5) is 29.1 Å². The van der Waals surface area contributed by atoms with Crippen molar-refractivity contribution in [2.45, 2.75) is 25.9 Å². The number of aromatic nitrogens is 4. The number of nitrogens with one attached hydrogen (secondary N) is 1. The number of rotatable bonds is 6. The first-order valence-corrected chi connectivity index (χ1v) is 8.37. The van der Waals surface area contributed by atoms with E-state index in [-0.39, 0.29) is 17.6 Å². The van der Waals surface area contributed by atoms with Crippen LogP contribution in [0.2, 0.25) is 0 Å². The van der Waals surface area contributed by atoms with Gasteiger partial charge in [0.05, 0.1) is 17.0 Å². The number of amides is 1. The number of carbonyl (C=O) groups is 1. The molecule has 1 amide bonds. The molecule has 0 radical (unpaired) electrons. The van der Waals surface area contributed by atoms with Crippen molar-refractivity contribution in [1.82, 2.24) is 19.6 Å². The zero-order chi connectivity index (χ0) is 22.2. The predicted molar refractivity (Wildman–Crippen MR) is 94.4 cm³/mol. The van der Waals surface area contributed by atoms with Gasteiger partial charge < -0.3 is 5.32 Å². The summed E-state index contributed by atoms with van der Waals surface area (Å²) in [6.45, 7) is 2.28. The van der Waals surface area contributed by atoms with Crippen LogP contribution in [0, 0.1) is 33.4 Å². The highest BCUT2D eigenvalue weighted by molar-refractivity contribution is 5.95. The number of hydrogen-bond acceptors (Lipinski definition) is 5. The summed E-state index contributed by atoms with van der Waals surface area (Å²) in [4.78, 5) is 22.7. The lowest BCUT2D eigenvalue weighted by atomic mass is 10.1. The molecule has 3 aromatic rings. The summed E-state index contributed by atoms with van der Waals surface area (Å²) in [5.74, 6) is -6.83. The van der Waals surface area contributed by atoms with Crippen molar-refractivity contribution in [2.24, 2.45) is 0 Å². The third-order valence-electron chi connectivity index (χ3n) is 4.31. The Morgan fingerprint density at radius 2 is 1.87 bits per heavy atom. The molecule has 0 saturated carbocycles. The molecule has 0 saturated heterocycles. The van der Waals surface area contributed by atoms with Crippen molar-refractivity contribution in [3.63, 3.8) is 0 Å². The SMILES string of the molecule is CC(C)(C(=O)Nc1ccn(Cc2c(F)c(F)cc(F)c2F)n1)n1cc([N+](=O)[O-])cn1. The molecule has 158 valence electrons. The number of anilines is 1. The van der Waals surface area contributed by atoms with Crippen LogP contribution in [0.1, 0.15) is 19.4 Å². The van der Waals surface area contributed by atoms with Gasteiger partial charge in [0.2, 0.25) is 0 Å². The normalized spacial score (nSPS) is 11.5. The molecule has 30 heavy (non-hydrogen) atoms. The Balaban J connectivity index is 1.77. The first-order valence-electron chi connectivity index (χ1n) is 8.37. The van der Waals surface area contributed by atoms with Crippen molar-refractivity contribution >= 4 is 17.4 Å². The molecule has 0 fully saturated rings. The van der Waals surface area contributed by atoms with Gasteiger partial charge in [-0.1, -0.05) is 0 Å². The number of benzene rings is 1. The molecule has 3 rings (SSSR count). The second kappa shape index (κ2) is 7.57. The van der Waals surface area contributed by atoms with Gasteiger partial charge in [0, 0.05) is 18.3 Å². The molecule has 2 aromatic heterocycles. The van der Waals surface area contributed by atoms with Gasteiger partial charge in [0.1, 0.15) is 17.9 Å². The summed E-state index contributed by atoms with van der Waals surface area (Å²) in [7, 11) is 0. The second-order valence-electron chi connectivity index (χ2n) is 6.76. The number of hydrogen-bond donors (Lipinski definition) is 1. The third-order valence-corrected chi connectivity index (χ3v) is 4.31. The van der Waals surface area contributed by atoms with Crippen molar-refractivity contribution in [2.75, 3.05) is 5.32 Å². The molecule has 0 atom stereocenters. The minimum Gasteiger partial charge on any atom is -0.307 e. The fourth-order valence-electron chi connectivity index (χ4n) is 2.53. The minimum absolute atomic E-state index is 0.0209. The Morgan fingerprint density at radius 1 is 1.23 bits per heavy atom. The Hall–Kier alpha value is -3.77. The lowest BCUT2D eigenvalue weighted by molar-refractivity contribution is -0.385. The maximum Gasteiger partial charge on any atom is 0.307 e. The molecule has 1 N–H and O–H groups in total. The van der Waals surface area contributed by atoms with Crippen molar-refractivity contribution in [1.29, 1.82) is 0 Å². The quantitative estimate of drug-likeness (QED) is 0.282. The van der Waals surface area contributed by atoms with Gasteiger partial charge in [-0.2, -0.15) is 10.2 Å². The van der Waals surface area contributed by atoms with E-state index in [2.05, 4.69) is 15.5 Å². The Labute approximate surface area is 166 Å². The highest BCUT2D eigenvalue weighted by atomic mass is 19.2. The topological polar surface area (TPSA) is 108 Å². The maximum atomic E-state index is 13.8. The molecule has 2 heterocycles. The van der Waals surface area contributed by atoms with E-state index < -0.39 is 51.7 Å². The standard InChI is InChI=1S/C17H14F4N6O3/c1-17(2,26-7-9(6-22-26)27(29)30)16(28)23-13-3-4-25(24-13)8-10-14(20)11(18)5-12(19)15(10)21/h3-7H,8H2,1-2H3,(H,23,24,28). The van der Waals surface area contributed by atoms with Gasteiger partial charge in [0.15, 0.2) is 29.1 Å². The number of nitrogens with zero attached hydrogens (tertiary/aromatic N) is 5. The zero-order valence-electron chi connectivity index (χ0n) is 15.6. The molecule has 1 aromatic carbocycles. The third kappa shape index (κ3) is 3.86. The summed E-state index contributed by atoms with van der Waals surface area (Å²) in [5.41, 5.74) is -2.51. The highest BCUT2D eigenvalue weighted by Crippen LogP contribution is 2.22. The summed E-state index contributed by atoms with van der Waals surface area (Å²) in [5, 5.41) is 20.9. The lowest BCUT2D eigenvalue weighted by Crippen LogP contribution is -2.40. The van der Waals surface area contributed by atoms with Crippen LogP contribution in [0.25, 0.3) is 0 Å². The smallest absolute Gasteiger partial charge is 0.307 e. The van der Waals surface area contributed by atoms with Crippen LogP contribution >= 0.6 is 0 Å². The fourth-order valence-corrected chi connectivity index (χ4v) is 2.53. The van der Waals surface area contributed by atoms with Gasteiger partial charge in [0.25, 0.3) is 5.91 Å². The molecule has 9 nitrogen and oxygen atoms in total. The molecule has 0 bridgehead atoms. The van der Waals surface area contributed by atoms with Crippen LogP contribution in [0.3, 0.4) is 0 Å². The van der Waals surface area contributed by atoms with E-state index in [9.17, 15) is 32.5 Å². The molecule has 0 aliphatic rings. The van der Waals surface area contributed by atoms with Crippen LogP contribution in [-0.4, -0.2) is 30.4 Å². The predicted octanol–water partition coefficient (Wildman–Crippen LogP) is 2.97. The molecule has 0 aliphatic heterocycles. The van der Waals surface area contributed by atoms with Gasteiger partial charge in [-0.15, -0.1) is 0 Å². The van der Waals surface area contributed by atoms with Crippen LogP contribution < -0.4 is 5.32 Å². The van der Waals surface area contributed by atoms with E-state index in [1.54, 1.807) is 0 Å². The number of carbonyl (C=O) groups excluding carboxylic acids is 1. The zero-order valence-corrected chi connectivity index (χ0v) is 15.6. The van der Waals surface area contributed by atoms with E-state index in [0.717, 1.165) is 21.8 Å². The summed E-state index contributed by atoms with van der Waals surface area (Å²) < 4.78 is 56.3. The van der Waals surface area contributed by atoms with Crippen LogP contribution in [0.15, 0.2) is 30.7 Å². The molecular formula is C17H14F4N6O3. The first kappa shape index (κ1) is 21.0. The lowest BCUT2D eigenvalue weighted by Gasteiger charge is -2.23. The fraction of sp³-hybridized carbons (Fsp3) is 0.235. The second-order valence-corrected chi connectivity index (χ2v) is 6.76. The van der Waals surface area contributed by atoms with E-state index in [4.69, 9.17) is 0 Å². The Bertz CT molecular complexity index is 1110. The summed E-state index contributed by atoms with van der Waals surface area (Å²) >= 11 is 0. The molecule has 0 unspecified atom stereocenters. The monoisotopic (exact) mass is 426 g/mol. The van der Waals surface area contributed by atoms with E-state index in [1.165, 1.54) is 26.1 Å². The number of halogens is 4. The van der Waals surface area contributed by atoms with E-state index >= 15 is 0 Å². The van der Waals surface area contributed by atoms with Crippen LogP contribution in [-0.2, 0) is 16.9 Å². The average molecular weight is 426 g/mol. The highest BCUT2D eigenvalue weighted by Gasteiger charge is 2.32. The minimum atomic E-state index is -1.55. The van der Waals surface area contributed by atoms with Crippen molar-refractivity contribution < 1.29 is 27.3 Å². The van der Waals surface area contributed by atoms with Crippen molar-refractivity contribution in [3.8, 4) is 0 Å². The Morgan fingerprint density at radius 3 is 2.43 bits per heavy atom. The van der Waals surface area contributed by atoms with E-state index in [0.29, 0.717) is 0 Å². The molecule has 0 aliphatic carbocycles. The molecule has 0 spiro atoms. The van der Waals surface area contributed by atoms with Crippen LogP contribution in [0.5, 0.6) is 0 Å². The molecule has 13 heteroatoms. The van der Waals surface area contributed by atoms with Gasteiger partial charge >= 0.3 is 5.69 Å². The van der Waals surface area contributed by atoms with Gasteiger partial charge in [-0.25, -0.2) is 17.6 Å². The Kier molecular flexibility index (Phi) is 5.29. The van der Waals surface area contributed by atoms with Gasteiger partial charge in [-0.05, 0) is 13.8 Å².